The smallest absolute Gasteiger partial charge is 0.255 e. The minimum Gasteiger partial charge on any atom is -0.365 e. The van der Waals surface area contributed by atoms with E-state index in [0.29, 0.717) is 11.3 Å². The average Bonchev–Trinajstić information content (AvgIpc) is 2.40. The lowest BCUT2D eigenvalue weighted by molar-refractivity contribution is 0.102. The number of rotatable bonds is 3. The van der Waals surface area contributed by atoms with Gasteiger partial charge in [-0.3, -0.25) is 4.79 Å². The maximum Gasteiger partial charge on any atom is 0.255 e. The quantitative estimate of drug-likeness (QED) is 0.899. The summed E-state index contributed by atoms with van der Waals surface area (Å²) in [6.45, 7) is 8.21. The molecule has 0 aliphatic heterocycles. The SMILES string of the molecule is Cc1ccc(C(=O)Nc2ccc(NC(C)(C)C)nc2)cc1. The van der Waals surface area contributed by atoms with E-state index in [1.807, 2.05) is 43.3 Å². The average molecular weight is 283 g/mol. The Balaban J connectivity index is 2.03. The summed E-state index contributed by atoms with van der Waals surface area (Å²) in [5.74, 6) is 0.657. The Labute approximate surface area is 125 Å². The zero-order chi connectivity index (χ0) is 15.5. The van der Waals surface area contributed by atoms with Crippen LogP contribution >= 0.6 is 0 Å². The van der Waals surface area contributed by atoms with Crippen molar-refractivity contribution in [2.24, 2.45) is 0 Å². The first-order valence-corrected chi connectivity index (χ1v) is 6.96. The molecule has 4 nitrogen and oxygen atoms in total. The molecule has 0 unspecified atom stereocenters. The van der Waals surface area contributed by atoms with Crippen LogP contribution < -0.4 is 10.6 Å². The van der Waals surface area contributed by atoms with Crippen molar-refractivity contribution >= 4 is 17.4 Å². The van der Waals surface area contributed by atoms with Gasteiger partial charge in [-0.2, -0.15) is 0 Å². The van der Waals surface area contributed by atoms with Gasteiger partial charge in [0.15, 0.2) is 0 Å². The number of anilines is 2. The van der Waals surface area contributed by atoms with E-state index in [4.69, 9.17) is 0 Å². The normalized spacial score (nSPS) is 11.0. The standard InChI is InChI=1S/C17H21N3O/c1-12-5-7-13(8-6-12)16(21)19-14-9-10-15(18-11-14)20-17(2,3)4/h5-11H,1-4H3,(H,18,20)(H,19,21). The number of carbonyl (C=O) groups is 1. The number of aromatic nitrogens is 1. The van der Waals surface area contributed by atoms with E-state index in [1.54, 1.807) is 6.20 Å². The summed E-state index contributed by atoms with van der Waals surface area (Å²) < 4.78 is 0. The molecule has 2 rings (SSSR count). The Bertz CT molecular complexity index is 610. The molecule has 0 atom stereocenters. The van der Waals surface area contributed by atoms with E-state index in [2.05, 4.69) is 36.4 Å². The molecular weight excluding hydrogens is 262 g/mol. The lowest BCUT2D eigenvalue weighted by atomic mass is 10.1. The van der Waals surface area contributed by atoms with Gasteiger partial charge in [0.25, 0.3) is 5.91 Å². The molecule has 1 amide bonds. The van der Waals surface area contributed by atoms with Crippen molar-refractivity contribution < 1.29 is 4.79 Å². The first-order chi connectivity index (χ1) is 9.83. The van der Waals surface area contributed by atoms with Crippen LogP contribution in [0.15, 0.2) is 42.6 Å². The molecule has 1 aromatic carbocycles. The summed E-state index contributed by atoms with van der Waals surface area (Å²) in [6, 6.07) is 11.2. The molecule has 1 heterocycles. The first-order valence-electron chi connectivity index (χ1n) is 6.96. The van der Waals surface area contributed by atoms with Gasteiger partial charge in [-0.15, -0.1) is 0 Å². The molecule has 110 valence electrons. The number of pyridine rings is 1. The summed E-state index contributed by atoms with van der Waals surface area (Å²) in [6.07, 6.45) is 1.65. The minimum atomic E-state index is -0.131. The van der Waals surface area contributed by atoms with Gasteiger partial charge in [0, 0.05) is 11.1 Å². The second-order valence-electron chi connectivity index (χ2n) is 6.13. The molecule has 2 aromatic rings. The highest BCUT2D eigenvalue weighted by Crippen LogP contribution is 2.15. The van der Waals surface area contributed by atoms with Gasteiger partial charge in [-0.05, 0) is 52.0 Å². The summed E-state index contributed by atoms with van der Waals surface area (Å²) in [5, 5.41) is 6.11. The molecule has 0 bridgehead atoms. The van der Waals surface area contributed by atoms with Crippen molar-refractivity contribution in [3.63, 3.8) is 0 Å². The van der Waals surface area contributed by atoms with Gasteiger partial charge in [0.1, 0.15) is 5.82 Å². The maximum absolute atomic E-state index is 12.1. The zero-order valence-corrected chi connectivity index (χ0v) is 12.9. The zero-order valence-electron chi connectivity index (χ0n) is 12.9. The van der Waals surface area contributed by atoms with E-state index >= 15 is 0 Å². The van der Waals surface area contributed by atoms with Crippen molar-refractivity contribution in [3.05, 3.63) is 53.7 Å². The number of aryl methyl sites for hydroxylation is 1. The van der Waals surface area contributed by atoms with Crippen LogP contribution in [-0.4, -0.2) is 16.4 Å². The number of carbonyl (C=O) groups excluding carboxylic acids is 1. The Kier molecular flexibility index (Phi) is 4.26. The molecule has 0 aliphatic carbocycles. The minimum absolute atomic E-state index is 0.0420. The molecule has 21 heavy (non-hydrogen) atoms. The second-order valence-corrected chi connectivity index (χ2v) is 6.13. The first kappa shape index (κ1) is 15.0. The van der Waals surface area contributed by atoms with Gasteiger partial charge in [-0.25, -0.2) is 4.98 Å². The Morgan fingerprint density at radius 3 is 2.24 bits per heavy atom. The molecule has 0 saturated carbocycles. The predicted octanol–water partition coefficient (Wildman–Crippen LogP) is 3.85. The number of nitrogens with one attached hydrogen (secondary N) is 2. The highest BCUT2D eigenvalue weighted by atomic mass is 16.1. The fourth-order valence-electron chi connectivity index (χ4n) is 1.83. The van der Waals surface area contributed by atoms with Crippen LogP contribution in [0.4, 0.5) is 11.5 Å². The largest absolute Gasteiger partial charge is 0.365 e. The van der Waals surface area contributed by atoms with Crippen LogP contribution in [0.3, 0.4) is 0 Å². The monoisotopic (exact) mass is 283 g/mol. The lowest BCUT2D eigenvalue weighted by Gasteiger charge is -2.21. The fourth-order valence-corrected chi connectivity index (χ4v) is 1.83. The van der Waals surface area contributed by atoms with Gasteiger partial charge < -0.3 is 10.6 Å². The molecule has 0 aliphatic rings. The van der Waals surface area contributed by atoms with Gasteiger partial charge in [-0.1, -0.05) is 17.7 Å². The lowest BCUT2D eigenvalue weighted by Crippen LogP contribution is -2.26. The van der Waals surface area contributed by atoms with E-state index in [9.17, 15) is 4.79 Å². The third-order valence-electron chi connectivity index (χ3n) is 2.84. The molecular formula is C17H21N3O. The third-order valence-corrected chi connectivity index (χ3v) is 2.84. The predicted molar refractivity (Wildman–Crippen MR) is 86.7 cm³/mol. The molecule has 0 radical (unpaired) electrons. The maximum atomic E-state index is 12.1. The Morgan fingerprint density at radius 1 is 1.05 bits per heavy atom. The van der Waals surface area contributed by atoms with Crippen molar-refractivity contribution in [1.29, 1.82) is 0 Å². The van der Waals surface area contributed by atoms with Crippen LogP contribution in [0.1, 0.15) is 36.7 Å². The molecule has 4 heteroatoms. The van der Waals surface area contributed by atoms with Crippen LogP contribution in [-0.2, 0) is 0 Å². The number of hydrogen-bond acceptors (Lipinski definition) is 3. The van der Waals surface area contributed by atoms with Gasteiger partial charge >= 0.3 is 0 Å². The number of amides is 1. The molecule has 0 spiro atoms. The van der Waals surface area contributed by atoms with E-state index < -0.39 is 0 Å². The summed E-state index contributed by atoms with van der Waals surface area (Å²) in [4.78, 5) is 16.4. The van der Waals surface area contributed by atoms with Gasteiger partial charge in [0.05, 0.1) is 11.9 Å². The van der Waals surface area contributed by atoms with Crippen LogP contribution in [0.2, 0.25) is 0 Å². The van der Waals surface area contributed by atoms with Crippen LogP contribution in [0.5, 0.6) is 0 Å². The third kappa shape index (κ3) is 4.60. The van der Waals surface area contributed by atoms with E-state index in [-0.39, 0.29) is 11.4 Å². The van der Waals surface area contributed by atoms with Crippen molar-refractivity contribution in [2.75, 3.05) is 10.6 Å². The highest BCUT2D eigenvalue weighted by molar-refractivity contribution is 6.04. The van der Waals surface area contributed by atoms with Crippen LogP contribution in [0, 0.1) is 6.92 Å². The van der Waals surface area contributed by atoms with Crippen molar-refractivity contribution in [2.45, 2.75) is 33.2 Å². The molecule has 0 fully saturated rings. The summed E-state index contributed by atoms with van der Waals surface area (Å²) in [7, 11) is 0. The van der Waals surface area contributed by atoms with Crippen molar-refractivity contribution in [1.82, 2.24) is 4.98 Å². The molecule has 0 saturated heterocycles. The number of benzene rings is 1. The van der Waals surface area contributed by atoms with Crippen molar-refractivity contribution in [3.8, 4) is 0 Å². The van der Waals surface area contributed by atoms with E-state index in [1.165, 1.54) is 0 Å². The Morgan fingerprint density at radius 2 is 1.71 bits per heavy atom. The fraction of sp³-hybridized carbons (Fsp3) is 0.294. The summed E-state index contributed by atoms with van der Waals surface area (Å²) >= 11 is 0. The topological polar surface area (TPSA) is 54.0 Å². The highest BCUT2D eigenvalue weighted by Gasteiger charge is 2.10. The number of nitrogens with zero attached hydrogens (tertiary/aromatic N) is 1. The molecule has 1 aromatic heterocycles. The summed E-state index contributed by atoms with van der Waals surface area (Å²) in [5.41, 5.74) is 2.41. The number of hydrogen-bond donors (Lipinski definition) is 2. The van der Waals surface area contributed by atoms with Gasteiger partial charge in [0.2, 0.25) is 0 Å². The Hall–Kier alpha value is -2.36. The second kappa shape index (κ2) is 5.95. The van der Waals surface area contributed by atoms with Crippen LogP contribution in [0.25, 0.3) is 0 Å². The van der Waals surface area contributed by atoms with E-state index in [0.717, 1.165) is 11.4 Å². The molecule has 2 N–H and O–H groups in total.